The molecule has 0 spiro atoms. The van der Waals surface area contributed by atoms with Gasteiger partial charge in [-0.2, -0.15) is 0 Å². The highest BCUT2D eigenvalue weighted by Crippen LogP contribution is 2.34. The number of halogens is 1. The van der Waals surface area contributed by atoms with E-state index in [4.69, 9.17) is 16.3 Å². The Kier molecular flexibility index (Phi) is 5.73. The quantitative estimate of drug-likeness (QED) is 0.589. The third kappa shape index (κ3) is 3.82. The van der Waals surface area contributed by atoms with Gasteiger partial charge in [0, 0.05) is 30.1 Å². The minimum Gasteiger partial charge on any atom is -0.383 e. The van der Waals surface area contributed by atoms with Gasteiger partial charge in [-0.3, -0.25) is 9.69 Å². The minimum atomic E-state index is -0.161. The lowest BCUT2D eigenvalue weighted by Crippen LogP contribution is -2.33. The minimum absolute atomic E-state index is 0.161. The molecule has 3 aromatic rings. The summed E-state index contributed by atoms with van der Waals surface area (Å²) in [5.41, 5.74) is 3.31. The Balaban J connectivity index is 1.66. The number of H-pyrrole nitrogens is 1. The fourth-order valence-corrected chi connectivity index (χ4v) is 5.13. The van der Waals surface area contributed by atoms with E-state index >= 15 is 0 Å². The molecule has 1 aliphatic rings. The number of aromatic nitrogens is 1. The van der Waals surface area contributed by atoms with Crippen LogP contribution in [0.3, 0.4) is 0 Å². The first kappa shape index (κ1) is 19.5. The van der Waals surface area contributed by atoms with Crippen molar-refractivity contribution in [3.63, 3.8) is 0 Å². The highest BCUT2D eigenvalue weighted by molar-refractivity contribution is 7.19. The average molecular weight is 418 g/mol. The Morgan fingerprint density at radius 1 is 1.43 bits per heavy atom. The molecule has 7 heteroatoms. The number of aryl methyl sites for hydroxylation is 1. The van der Waals surface area contributed by atoms with Crippen LogP contribution in [0, 0.1) is 6.92 Å². The van der Waals surface area contributed by atoms with E-state index < -0.39 is 0 Å². The van der Waals surface area contributed by atoms with Crippen LogP contribution in [0.4, 0.5) is 5.69 Å². The second-order valence-corrected chi connectivity index (χ2v) is 8.90. The average Bonchev–Trinajstić information content (AvgIpc) is 3.34. The summed E-state index contributed by atoms with van der Waals surface area (Å²) >= 11 is 7.95. The first-order valence-electron chi connectivity index (χ1n) is 9.46. The molecule has 1 saturated heterocycles. The molecule has 3 heterocycles. The van der Waals surface area contributed by atoms with Gasteiger partial charge in [-0.15, -0.1) is 11.3 Å². The Hall–Kier alpha value is -1.86. The van der Waals surface area contributed by atoms with Gasteiger partial charge in [0.25, 0.3) is 5.91 Å². The molecule has 1 atom stereocenters. The van der Waals surface area contributed by atoms with Gasteiger partial charge in [0.2, 0.25) is 0 Å². The number of benzene rings is 1. The number of methoxy groups -OCH3 is 1. The molecule has 1 amide bonds. The fraction of sp³-hybridized carbons (Fsp3) is 0.381. The molecule has 5 nitrogen and oxygen atoms in total. The van der Waals surface area contributed by atoms with E-state index in [1.807, 2.05) is 18.2 Å². The molecule has 0 aliphatic carbocycles. The van der Waals surface area contributed by atoms with E-state index in [1.165, 1.54) is 4.88 Å². The molecule has 4 rings (SSSR count). The summed E-state index contributed by atoms with van der Waals surface area (Å²) in [6, 6.07) is 9.79. The van der Waals surface area contributed by atoms with Crippen LogP contribution in [0.5, 0.6) is 0 Å². The molecule has 2 N–H and O–H groups in total. The Morgan fingerprint density at radius 3 is 3.04 bits per heavy atom. The maximum Gasteiger partial charge on any atom is 0.272 e. The van der Waals surface area contributed by atoms with E-state index in [-0.39, 0.29) is 5.91 Å². The number of thiophene rings is 1. The summed E-state index contributed by atoms with van der Waals surface area (Å²) < 4.78 is 6.55. The lowest BCUT2D eigenvalue weighted by Gasteiger charge is -2.24. The van der Waals surface area contributed by atoms with Crippen molar-refractivity contribution in [3.05, 3.63) is 51.5 Å². The topological polar surface area (TPSA) is 57.4 Å². The van der Waals surface area contributed by atoms with Gasteiger partial charge in [0.05, 0.1) is 27.5 Å². The number of hydrogen-bond donors (Lipinski definition) is 2. The second kappa shape index (κ2) is 8.25. The van der Waals surface area contributed by atoms with Crippen molar-refractivity contribution in [2.45, 2.75) is 32.4 Å². The smallest absolute Gasteiger partial charge is 0.272 e. The molecular weight excluding hydrogens is 394 g/mol. The van der Waals surface area contributed by atoms with Gasteiger partial charge in [-0.1, -0.05) is 23.7 Å². The lowest BCUT2D eigenvalue weighted by atomic mass is 10.1. The molecule has 1 aliphatic heterocycles. The molecule has 148 valence electrons. The van der Waals surface area contributed by atoms with Gasteiger partial charge in [-0.25, -0.2) is 0 Å². The number of fused-ring (bicyclic) bond motifs is 1. The van der Waals surface area contributed by atoms with E-state index in [0.717, 1.165) is 48.3 Å². The standard InChI is InChI=1S/C21H24ClN3O2S/c1-13-10-18-20(28-13)15(11-25-9-5-6-14(25)12-27-2)19(23-18)21(26)24-17-8-4-3-7-16(17)22/h3-4,7-8,10,14,23H,5-6,9,11-12H2,1-2H3,(H,24,26)/t14-/m1/s1. The number of carbonyl (C=O) groups excluding carboxylic acids is 1. The van der Waals surface area contributed by atoms with Crippen LogP contribution in [0.15, 0.2) is 30.3 Å². The van der Waals surface area contributed by atoms with Crippen LogP contribution in [-0.4, -0.2) is 42.1 Å². The zero-order chi connectivity index (χ0) is 19.7. The predicted molar refractivity (Wildman–Crippen MR) is 116 cm³/mol. The molecule has 1 aromatic carbocycles. The number of likely N-dealkylation sites (tertiary alicyclic amines) is 1. The maximum absolute atomic E-state index is 13.1. The van der Waals surface area contributed by atoms with Crippen LogP contribution in [0.25, 0.3) is 10.2 Å². The monoisotopic (exact) mass is 417 g/mol. The predicted octanol–water partition coefficient (Wildman–Crippen LogP) is 5.05. The largest absolute Gasteiger partial charge is 0.383 e. The maximum atomic E-state index is 13.1. The van der Waals surface area contributed by atoms with Gasteiger partial charge in [0.1, 0.15) is 5.69 Å². The number of nitrogens with zero attached hydrogens (tertiary/aromatic N) is 1. The summed E-state index contributed by atoms with van der Waals surface area (Å²) in [6.07, 6.45) is 2.29. The highest BCUT2D eigenvalue weighted by Gasteiger charge is 2.28. The number of para-hydroxylation sites is 1. The SMILES string of the molecule is COC[C@H]1CCCN1Cc1c(C(=O)Nc2ccccc2Cl)[nH]c2cc(C)sc12. The number of aromatic amines is 1. The third-order valence-electron chi connectivity index (χ3n) is 5.26. The summed E-state index contributed by atoms with van der Waals surface area (Å²) in [5.74, 6) is -0.161. The van der Waals surface area contributed by atoms with Crippen molar-refractivity contribution < 1.29 is 9.53 Å². The van der Waals surface area contributed by atoms with Gasteiger partial charge in [-0.05, 0) is 44.5 Å². The number of carbonyl (C=O) groups is 1. The van der Waals surface area contributed by atoms with Crippen molar-refractivity contribution >= 4 is 44.7 Å². The summed E-state index contributed by atoms with van der Waals surface area (Å²) in [7, 11) is 1.75. The molecule has 1 fully saturated rings. The van der Waals surface area contributed by atoms with Crippen molar-refractivity contribution in [1.82, 2.24) is 9.88 Å². The summed E-state index contributed by atoms with van der Waals surface area (Å²) in [6.45, 7) is 4.57. The number of hydrogen-bond acceptors (Lipinski definition) is 4. The van der Waals surface area contributed by atoms with Crippen molar-refractivity contribution in [1.29, 1.82) is 0 Å². The number of ether oxygens (including phenoxy) is 1. The summed E-state index contributed by atoms with van der Waals surface area (Å²) in [5, 5.41) is 3.48. The summed E-state index contributed by atoms with van der Waals surface area (Å²) in [4.78, 5) is 20.1. The molecular formula is C21H24ClN3O2S. The van der Waals surface area contributed by atoms with Crippen molar-refractivity contribution in [2.24, 2.45) is 0 Å². The number of nitrogens with one attached hydrogen (secondary N) is 2. The zero-order valence-electron chi connectivity index (χ0n) is 16.0. The Morgan fingerprint density at radius 2 is 2.25 bits per heavy atom. The van der Waals surface area contributed by atoms with Crippen molar-refractivity contribution in [2.75, 3.05) is 25.6 Å². The van der Waals surface area contributed by atoms with Crippen LogP contribution in [0.1, 0.15) is 33.8 Å². The fourth-order valence-electron chi connectivity index (χ4n) is 3.93. The van der Waals surface area contributed by atoms with Gasteiger partial charge in [0.15, 0.2) is 0 Å². The number of anilines is 1. The Bertz CT molecular complexity index is 997. The molecule has 0 unspecified atom stereocenters. The highest BCUT2D eigenvalue weighted by atomic mass is 35.5. The molecule has 28 heavy (non-hydrogen) atoms. The van der Waals surface area contributed by atoms with E-state index in [2.05, 4.69) is 28.2 Å². The number of rotatable bonds is 6. The normalized spacial score (nSPS) is 17.5. The molecule has 0 radical (unpaired) electrons. The van der Waals surface area contributed by atoms with Gasteiger partial charge >= 0.3 is 0 Å². The van der Waals surface area contributed by atoms with Gasteiger partial charge < -0.3 is 15.0 Å². The van der Waals surface area contributed by atoms with Crippen LogP contribution in [-0.2, 0) is 11.3 Å². The third-order valence-corrected chi connectivity index (χ3v) is 6.70. The van der Waals surface area contributed by atoms with Crippen LogP contribution in [0.2, 0.25) is 5.02 Å². The van der Waals surface area contributed by atoms with E-state index in [9.17, 15) is 4.79 Å². The lowest BCUT2D eigenvalue weighted by molar-refractivity contribution is 0.101. The molecule has 0 saturated carbocycles. The zero-order valence-corrected chi connectivity index (χ0v) is 17.6. The first-order chi connectivity index (χ1) is 13.6. The first-order valence-corrected chi connectivity index (χ1v) is 10.7. The molecule has 0 bridgehead atoms. The molecule has 2 aromatic heterocycles. The van der Waals surface area contributed by atoms with Crippen molar-refractivity contribution in [3.8, 4) is 0 Å². The van der Waals surface area contributed by atoms with Crippen LogP contribution >= 0.6 is 22.9 Å². The second-order valence-electron chi connectivity index (χ2n) is 7.23. The van der Waals surface area contributed by atoms with E-state index in [0.29, 0.717) is 22.4 Å². The van der Waals surface area contributed by atoms with E-state index in [1.54, 1.807) is 24.5 Å². The number of amides is 1. The van der Waals surface area contributed by atoms with Crippen LogP contribution < -0.4 is 5.32 Å². The Labute approximate surface area is 173 Å².